The summed E-state index contributed by atoms with van der Waals surface area (Å²) in [5, 5.41) is 0. The first kappa shape index (κ1) is 13.5. The molecule has 2 nitrogen and oxygen atoms in total. The van der Waals surface area contributed by atoms with Gasteiger partial charge in [0.25, 0.3) is 0 Å². The van der Waals surface area contributed by atoms with Crippen molar-refractivity contribution < 1.29 is 4.39 Å². The third-order valence-electron chi connectivity index (χ3n) is 3.92. The van der Waals surface area contributed by atoms with Gasteiger partial charge in [0.1, 0.15) is 5.82 Å². The molecule has 1 fully saturated rings. The second-order valence-electron chi connectivity index (χ2n) is 5.15. The molecule has 0 saturated carbocycles. The van der Waals surface area contributed by atoms with Crippen molar-refractivity contribution in [2.45, 2.75) is 26.3 Å². The molecule has 0 aromatic heterocycles. The Morgan fingerprint density at radius 3 is 2.28 bits per heavy atom. The van der Waals surface area contributed by atoms with Gasteiger partial charge < -0.3 is 4.90 Å². The minimum Gasteiger partial charge on any atom is -0.301 e. The normalized spacial score (nSPS) is 19.9. The molecule has 3 heteroatoms. The number of benzene rings is 1. The smallest absolute Gasteiger partial charge is 0.123 e. The molecule has 1 aliphatic rings. The molecule has 1 aromatic carbocycles. The molecule has 18 heavy (non-hydrogen) atoms. The lowest BCUT2D eigenvalue weighted by molar-refractivity contribution is 0.106. The average molecular weight is 250 g/mol. The Balaban J connectivity index is 1.85. The van der Waals surface area contributed by atoms with E-state index in [2.05, 4.69) is 23.6 Å². The van der Waals surface area contributed by atoms with Crippen molar-refractivity contribution in [1.29, 1.82) is 0 Å². The zero-order chi connectivity index (χ0) is 13.0. The highest BCUT2D eigenvalue weighted by Gasteiger charge is 2.20. The predicted octanol–water partition coefficient (Wildman–Crippen LogP) is 2.39. The first-order valence-corrected chi connectivity index (χ1v) is 6.90. The Morgan fingerprint density at radius 2 is 1.72 bits per heavy atom. The fraction of sp³-hybridized carbons (Fsp3) is 0.600. The van der Waals surface area contributed by atoms with Crippen molar-refractivity contribution in [2.75, 3.05) is 32.7 Å². The van der Waals surface area contributed by atoms with E-state index in [9.17, 15) is 4.39 Å². The molecule has 0 spiro atoms. The standard InChI is InChI=1S/C15H23FN2/c1-3-17-8-10-18(11-9-17)13(2)12-14-4-6-15(16)7-5-14/h4-7,13H,3,8-12H2,1-2H3. The molecule has 0 aliphatic carbocycles. The van der Waals surface area contributed by atoms with Crippen molar-refractivity contribution in [3.05, 3.63) is 35.6 Å². The first-order chi connectivity index (χ1) is 8.69. The first-order valence-electron chi connectivity index (χ1n) is 6.90. The largest absolute Gasteiger partial charge is 0.301 e. The number of piperazine rings is 1. The van der Waals surface area contributed by atoms with Gasteiger partial charge in [0, 0.05) is 32.2 Å². The van der Waals surface area contributed by atoms with Gasteiger partial charge in [0.05, 0.1) is 0 Å². The summed E-state index contributed by atoms with van der Waals surface area (Å²) in [5.74, 6) is -0.150. The Morgan fingerprint density at radius 1 is 1.11 bits per heavy atom. The Hall–Kier alpha value is -0.930. The summed E-state index contributed by atoms with van der Waals surface area (Å²) in [6.07, 6.45) is 1.01. The summed E-state index contributed by atoms with van der Waals surface area (Å²) >= 11 is 0. The number of hydrogen-bond acceptors (Lipinski definition) is 2. The van der Waals surface area contributed by atoms with Gasteiger partial charge in [0.2, 0.25) is 0 Å². The van der Waals surface area contributed by atoms with Gasteiger partial charge >= 0.3 is 0 Å². The van der Waals surface area contributed by atoms with Crippen LogP contribution >= 0.6 is 0 Å². The van der Waals surface area contributed by atoms with E-state index in [4.69, 9.17) is 0 Å². The fourth-order valence-corrected chi connectivity index (χ4v) is 2.61. The summed E-state index contributed by atoms with van der Waals surface area (Å²) < 4.78 is 12.8. The highest BCUT2D eigenvalue weighted by Crippen LogP contribution is 2.12. The highest BCUT2D eigenvalue weighted by molar-refractivity contribution is 5.17. The molecule has 0 amide bonds. The van der Waals surface area contributed by atoms with Crippen molar-refractivity contribution >= 4 is 0 Å². The molecule has 100 valence electrons. The monoisotopic (exact) mass is 250 g/mol. The SMILES string of the molecule is CCN1CCN(C(C)Cc2ccc(F)cc2)CC1. The molecular weight excluding hydrogens is 227 g/mol. The molecule has 1 aromatic rings. The summed E-state index contributed by atoms with van der Waals surface area (Å²) in [6.45, 7) is 10.3. The van der Waals surface area contributed by atoms with Gasteiger partial charge in [-0.2, -0.15) is 0 Å². The molecule has 1 heterocycles. The van der Waals surface area contributed by atoms with E-state index in [0.717, 1.165) is 26.1 Å². The molecule has 2 rings (SSSR count). The molecule has 1 aliphatic heterocycles. The zero-order valence-corrected chi connectivity index (χ0v) is 11.4. The maximum atomic E-state index is 12.8. The van der Waals surface area contributed by atoms with E-state index in [1.54, 1.807) is 12.1 Å². The second kappa shape index (κ2) is 6.30. The van der Waals surface area contributed by atoms with Crippen LogP contribution < -0.4 is 0 Å². The molecule has 0 bridgehead atoms. The number of rotatable bonds is 4. The van der Waals surface area contributed by atoms with Gasteiger partial charge in [-0.25, -0.2) is 4.39 Å². The average Bonchev–Trinajstić information content (AvgIpc) is 2.41. The summed E-state index contributed by atoms with van der Waals surface area (Å²) in [5.41, 5.74) is 1.22. The van der Waals surface area contributed by atoms with Crippen molar-refractivity contribution in [3.63, 3.8) is 0 Å². The summed E-state index contributed by atoms with van der Waals surface area (Å²) in [4.78, 5) is 5.02. The number of nitrogens with zero attached hydrogens (tertiary/aromatic N) is 2. The number of hydrogen-bond donors (Lipinski definition) is 0. The van der Waals surface area contributed by atoms with E-state index in [1.165, 1.54) is 18.7 Å². The Bertz CT molecular complexity index is 355. The van der Waals surface area contributed by atoms with Gasteiger partial charge in [-0.3, -0.25) is 4.90 Å². The lowest BCUT2D eigenvalue weighted by Crippen LogP contribution is -2.49. The maximum absolute atomic E-state index is 12.8. The fourth-order valence-electron chi connectivity index (χ4n) is 2.61. The zero-order valence-electron chi connectivity index (χ0n) is 11.4. The number of halogens is 1. The Labute approximate surface area is 109 Å². The maximum Gasteiger partial charge on any atom is 0.123 e. The third-order valence-corrected chi connectivity index (χ3v) is 3.92. The van der Waals surface area contributed by atoms with Crippen molar-refractivity contribution in [1.82, 2.24) is 9.80 Å². The topological polar surface area (TPSA) is 6.48 Å². The van der Waals surface area contributed by atoms with E-state index >= 15 is 0 Å². The van der Waals surface area contributed by atoms with Gasteiger partial charge in [-0.1, -0.05) is 19.1 Å². The molecule has 1 unspecified atom stereocenters. The van der Waals surface area contributed by atoms with E-state index in [1.807, 2.05) is 12.1 Å². The van der Waals surface area contributed by atoms with Gasteiger partial charge in [-0.05, 0) is 37.6 Å². The van der Waals surface area contributed by atoms with E-state index in [0.29, 0.717) is 6.04 Å². The van der Waals surface area contributed by atoms with Crippen LogP contribution in [0.5, 0.6) is 0 Å². The molecule has 1 atom stereocenters. The Kier molecular flexibility index (Phi) is 4.72. The van der Waals surface area contributed by atoms with Gasteiger partial charge in [0.15, 0.2) is 0 Å². The highest BCUT2D eigenvalue weighted by atomic mass is 19.1. The molecular formula is C15H23FN2. The molecule has 0 radical (unpaired) electrons. The number of likely N-dealkylation sites (N-methyl/N-ethyl adjacent to an activating group) is 1. The molecule has 1 saturated heterocycles. The van der Waals surface area contributed by atoms with Crippen molar-refractivity contribution in [3.8, 4) is 0 Å². The van der Waals surface area contributed by atoms with Gasteiger partial charge in [-0.15, -0.1) is 0 Å². The minimum atomic E-state index is -0.150. The summed E-state index contributed by atoms with van der Waals surface area (Å²) in [7, 11) is 0. The van der Waals surface area contributed by atoms with Crippen LogP contribution in [-0.4, -0.2) is 48.6 Å². The lowest BCUT2D eigenvalue weighted by Gasteiger charge is -2.37. The van der Waals surface area contributed by atoms with Crippen LogP contribution in [0.25, 0.3) is 0 Å². The van der Waals surface area contributed by atoms with Crippen LogP contribution in [0.4, 0.5) is 4.39 Å². The van der Waals surface area contributed by atoms with Crippen LogP contribution in [0.1, 0.15) is 19.4 Å². The van der Waals surface area contributed by atoms with Crippen LogP contribution in [0.3, 0.4) is 0 Å². The predicted molar refractivity (Wildman–Crippen MR) is 73.3 cm³/mol. The molecule has 0 N–H and O–H groups in total. The van der Waals surface area contributed by atoms with E-state index < -0.39 is 0 Å². The van der Waals surface area contributed by atoms with Crippen LogP contribution in [0.15, 0.2) is 24.3 Å². The van der Waals surface area contributed by atoms with Crippen molar-refractivity contribution in [2.24, 2.45) is 0 Å². The second-order valence-corrected chi connectivity index (χ2v) is 5.15. The van der Waals surface area contributed by atoms with E-state index in [-0.39, 0.29) is 5.82 Å². The third kappa shape index (κ3) is 3.53. The van der Waals surface area contributed by atoms with Crippen LogP contribution in [-0.2, 0) is 6.42 Å². The quantitative estimate of drug-likeness (QED) is 0.809. The lowest BCUT2D eigenvalue weighted by atomic mass is 10.1. The van der Waals surface area contributed by atoms with Crippen LogP contribution in [0.2, 0.25) is 0 Å². The van der Waals surface area contributed by atoms with Crippen LogP contribution in [0, 0.1) is 5.82 Å². The summed E-state index contributed by atoms with van der Waals surface area (Å²) in [6, 6.07) is 7.44. The minimum absolute atomic E-state index is 0.150.